The standard InChI is InChI=1S/C20H30FNO8S/c21-7-6-13(24)16(26)12(22-15(25)8-11-4-2-1-3-5-11)10-31-20-19(29)18(28)17(27)14(9-23)30-20/h1-5,12-14,16-20,23-24,26-29H,6-10H2,(H,22,25). The van der Waals surface area contributed by atoms with Gasteiger partial charge in [0, 0.05) is 12.2 Å². The molecule has 1 heterocycles. The zero-order chi connectivity index (χ0) is 23.0. The summed E-state index contributed by atoms with van der Waals surface area (Å²) in [5.74, 6) is -0.495. The topological polar surface area (TPSA) is 160 Å². The Kier molecular flexibility index (Phi) is 10.6. The minimum Gasteiger partial charge on any atom is -0.394 e. The van der Waals surface area contributed by atoms with Crippen LogP contribution in [0.4, 0.5) is 4.39 Å². The van der Waals surface area contributed by atoms with Crippen LogP contribution in [0.15, 0.2) is 30.3 Å². The molecular formula is C20H30FNO8S. The minimum atomic E-state index is -1.56. The number of nitrogens with one attached hydrogen (secondary N) is 1. The Morgan fingerprint density at radius 1 is 1.13 bits per heavy atom. The maximum Gasteiger partial charge on any atom is 0.224 e. The fourth-order valence-electron chi connectivity index (χ4n) is 3.22. The van der Waals surface area contributed by atoms with Gasteiger partial charge < -0.3 is 40.7 Å². The molecule has 1 amide bonds. The number of rotatable bonds is 11. The lowest BCUT2D eigenvalue weighted by atomic mass is 10.0. The highest BCUT2D eigenvalue weighted by molar-refractivity contribution is 7.99. The van der Waals surface area contributed by atoms with E-state index >= 15 is 0 Å². The number of alkyl halides is 1. The van der Waals surface area contributed by atoms with Crippen LogP contribution >= 0.6 is 11.8 Å². The summed E-state index contributed by atoms with van der Waals surface area (Å²) >= 11 is 0.917. The van der Waals surface area contributed by atoms with E-state index < -0.39 is 67.3 Å². The maximum absolute atomic E-state index is 12.6. The molecule has 0 aromatic heterocycles. The molecule has 0 radical (unpaired) electrons. The summed E-state index contributed by atoms with van der Waals surface area (Å²) in [6.45, 7) is -1.44. The van der Waals surface area contributed by atoms with Gasteiger partial charge in [-0.1, -0.05) is 30.3 Å². The third kappa shape index (κ3) is 7.36. The van der Waals surface area contributed by atoms with Gasteiger partial charge in [0.2, 0.25) is 5.91 Å². The van der Waals surface area contributed by atoms with Crippen molar-refractivity contribution in [3.8, 4) is 0 Å². The Morgan fingerprint density at radius 3 is 2.42 bits per heavy atom. The highest BCUT2D eigenvalue weighted by atomic mass is 32.2. The second-order valence-electron chi connectivity index (χ2n) is 7.40. The van der Waals surface area contributed by atoms with E-state index in [2.05, 4.69) is 5.32 Å². The van der Waals surface area contributed by atoms with Crippen LogP contribution in [0.2, 0.25) is 0 Å². The van der Waals surface area contributed by atoms with Gasteiger partial charge in [0.25, 0.3) is 0 Å². The van der Waals surface area contributed by atoms with E-state index in [0.29, 0.717) is 0 Å². The number of hydrogen-bond donors (Lipinski definition) is 7. The fraction of sp³-hybridized carbons (Fsp3) is 0.650. The number of amides is 1. The van der Waals surface area contributed by atoms with Crippen molar-refractivity contribution in [3.05, 3.63) is 35.9 Å². The van der Waals surface area contributed by atoms with Crippen LogP contribution in [0.1, 0.15) is 12.0 Å². The summed E-state index contributed by atoms with van der Waals surface area (Å²) in [6, 6.07) is 7.84. The van der Waals surface area contributed by atoms with Gasteiger partial charge in [0.15, 0.2) is 0 Å². The first-order valence-corrected chi connectivity index (χ1v) is 11.0. The average molecular weight is 464 g/mol. The number of aliphatic hydroxyl groups is 6. The van der Waals surface area contributed by atoms with E-state index in [1.807, 2.05) is 0 Å². The molecule has 176 valence electrons. The molecule has 0 bridgehead atoms. The average Bonchev–Trinajstić information content (AvgIpc) is 2.76. The second kappa shape index (κ2) is 12.7. The van der Waals surface area contributed by atoms with Crippen molar-refractivity contribution in [1.82, 2.24) is 5.32 Å². The first-order chi connectivity index (χ1) is 14.8. The molecule has 0 aliphatic carbocycles. The Labute approximate surface area is 183 Å². The van der Waals surface area contributed by atoms with Crippen molar-refractivity contribution in [3.63, 3.8) is 0 Å². The quantitative estimate of drug-likeness (QED) is 0.204. The summed E-state index contributed by atoms with van der Waals surface area (Å²) in [7, 11) is 0. The lowest BCUT2D eigenvalue weighted by molar-refractivity contribution is -0.205. The minimum absolute atomic E-state index is 0.0218. The predicted molar refractivity (Wildman–Crippen MR) is 111 cm³/mol. The van der Waals surface area contributed by atoms with Crippen molar-refractivity contribution >= 4 is 17.7 Å². The molecule has 11 heteroatoms. The molecule has 8 unspecified atom stereocenters. The van der Waals surface area contributed by atoms with Crippen molar-refractivity contribution in [2.24, 2.45) is 0 Å². The van der Waals surface area contributed by atoms with Crippen LogP contribution < -0.4 is 5.32 Å². The molecule has 0 spiro atoms. The summed E-state index contributed by atoms with van der Waals surface area (Å²) in [6.07, 6.45) is -8.87. The molecule has 1 aromatic rings. The molecule has 2 rings (SSSR count). The van der Waals surface area contributed by atoms with E-state index in [1.165, 1.54) is 0 Å². The SMILES string of the molecule is O=C(Cc1ccccc1)NC(CSC1OC(CO)C(O)C(O)C1O)C(O)C(O)CCF. The van der Waals surface area contributed by atoms with Crippen molar-refractivity contribution in [2.45, 2.75) is 60.9 Å². The van der Waals surface area contributed by atoms with Crippen molar-refractivity contribution in [1.29, 1.82) is 0 Å². The number of thioether (sulfide) groups is 1. The monoisotopic (exact) mass is 463 g/mol. The number of ether oxygens (including phenoxy) is 1. The summed E-state index contributed by atoms with van der Waals surface area (Å²) in [5, 5.41) is 62.3. The summed E-state index contributed by atoms with van der Waals surface area (Å²) in [5.41, 5.74) is -0.339. The molecule has 1 fully saturated rings. The number of halogens is 1. The van der Waals surface area contributed by atoms with Crippen LogP contribution in [0, 0.1) is 0 Å². The summed E-state index contributed by atoms with van der Waals surface area (Å²) in [4.78, 5) is 12.4. The zero-order valence-corrected chi connectivity index (χ0v) is 17.6. The van der Waals surface area contributed by atoms with E-state index in [9.17, 15) is 39.8 Å². The van der Waals surface area contributed by atoms with E-state index in [-0.39, 0.29) is 18.6 Å². The smallest absolute Gasteiger partial charge is 0.224 e. The third-order valence-electron chi connectivity index (χ3n) is 5.05. The second-order valence-corrected chi connectivity index (χ2v) is 8.53. The van der Waals surface area contributed by atoms with Gasteiger partial charge in [-0.05, 0) is 5.56 Å². The van der Waals surface area contributed by atoms with Crippen molar-refractivity contribution in [2.75, 3.05) is 19.0 Å². The molecule has 1 saturated heterocycles. The zero-order valence-electron chi connectivity index (χ0n) is 16.8. The first kappa shape index (κ1) is 25.9. The predicted octanol–water partition coefficient (Wildman–Crippen LogP) is -1.67. The normalized spacial score (nSPS) is 29.2. The number of aliphatic hydroxyl groups excluding tert-OH is 6. The highest BCUT2D eigenvalue weighted by Gasteiger charge is 2.44. The van der Waals surface area contributed by atoms with Gasteiger partial charge >= 0.3 is 0 Å². The number of benzene rings is 1. The molecule has 1 aromatic carbocycles. The van der Waals surface area contributed by atoms with Gasteiger partial charge in [0.1, 0.15) is 36.0 Å². The fourth-order valence-corrected chi connectivity index (χ4v) is 4.48. The van der Waals surface area contributed by atoms with Gasteiger partial charge in [-0.3, -0.25) is 9.18 Å². The maximum atomic E-state index is 12.6. The molecule has 1 aliphatic heterocycles. The Balaban J connectivity index is 2.04. The van der Waals surface area contributed by atoms with Gasteiger partial charge in [-0.15, -0.1) is 11.8 Å². The Morgan fingerprint density at radius 2 is 1.81 bits per heavy atom. The van der Waals surface area contributed by atoms with Gasteiger partial charge in [-0.25, -0.2) is 0 Å². The molecule has 31 heavy (non-hydrogen) atoms. The van der Waals surface area contributed by atoms with Gasteiger partial charge in [-0.2, -0.15) is 0 Å². The van der Waals surface area contributed by atoms with E-state index in [4.69, 9.17) is 4.74 Å². The van der Waals surface area contributed by atoms with Crippen molar-refractivity contribution < 1.29 is 44.6 Å². The van der Waals surface area contributed by atoms with Gasteiger partial charge in [0.05, 0.1) is 31.8 Å². The van der Waals surface area contributed by atoms with Crippen LogP contribution in [-0.4, -0.2) is 104 Å². The molecule has 7 N–H and O–H groups in total. The number of hydrogen-bond acceptors (Lipinski definition) is 9. The molecule has 0 saturated carbocycles. The van der Waals surface area contributed by atoms with Crippen LogP contribution in [-0.2, 0) is 16.0 Å². The Bertz CT molecular complexity index is 670. The largest absolute Gasteiger partial charge is 0.394 e. The molecule has 1 aliphatic rings. The number of carbonyl (C=O) groups is 1. The third-order valence-corrected chi connectivity index (χ3v) is 6.32. The molecule has 9 nitrogen and oxygen atoms in total. The lowest BCUT2D eigenvalue weighted by Crippen LogP contribution is -2.58. The summed E-state index contributed by atoms with van der Waals surface area (Å²) < 4.78 is 18.0. The molecular weight excluding hydrogens is 433 g/mol. The Hall–Kier alpha value is -1.31. The van der Waals surface area contributed by atoms with Crippen LogP contribution in [0.5, 0.6) is 0 Å². The van der Waals surface area contributed by atoms with E-state index in [0.717, 1.165) is 17.3 Å². The van der Waals surface area contributed by atoms with E-state index in [1.54, 1.807) is 30.3 Å². The molecule has 8 atom stereocenters. The highest BCUT2D eigenvalue weighted by Crippen LogP contribution is 2.29. The van der Waals surface area contributed by atoms with Crippen LogP contribution in [0.25, 0.3) is 0 Å². The first-order valence-electron chi connectivity index (χ1n) is 9.96. The number of carbonyl (C=O) groups excluding carboxylic acids is 1. The lowest BCUT2D eigenvalue weighted by Gasteiger charge is -2.40. The van der Waals surface area contributed by atoms with Crippen LogP contribution in [0.3, 0.4) is 0 Å².